The van der Waals surface area contributed by atoms with Crippen molar-refractivity contribution in [1.29, 1.82) is 0 Å². The SMILES string of the molecule is CCCCC[C@H](O)/C=C/[C@@H]1[C@@H](C/C=C\CCCC(=O)NCCCCCNC(=O)CCCC[C@H]2SC[C@@H]3NC(=O)N[C@@H]32)[C@@H](O)C[C@H]1O. The molecule has 2 saturated heterocycles. The molecule has 8 atom stereocenters. The van der Waals surface area contributed by atoms with Crippen LogP contribution in [0.2, 0.25) is 0 Å². The number of hydrogen-bond acceptors (Lipinski definition) is 7. The number of carbonyl (C=O) groups is 3. The van der Waals surface area contributed by atoms with Gasteiger partial charge in [0.15, 0.2) is 0 Å². The number of urea groups is 1. The van der Waals surface area contributed by atoms with Crippen molar-refractivity contribution in [2.45, 2.75) is 145 Å². The lowest BCUT2D eigenvalue weighted by atomic mass is 9.89. The molecule has 0 unspecified atom stereocenters. The van der Waals surface area contributed by atoms with Crippen LogP contribution in [0.5, 0.6) is 0 Å². The van der Waals surface area contributed by atoms with Gasteiger partial charge in [0.25, 0.3) is 0 Å². The highest BCUT2D eigenvalue weighted by Crippen LogP contribution is 2.36. The normalized spacial score (nSPS) is 28.0. The number of allylic oxidation sites excluding steroid dienone is 2. The molecule has 4 amide bonds. The minimum absolute atomic E-state index is 0.0526. The maximum Gasteiger partial charge on any atom is 0.315 e. The van der Waals surface area contributed by atoms with Crippen molar-refractivity contribution in [3.8, 4) is 0 Å². The van der Waals surface area contributed by atoms with E-state index in [1.165, 1.54) is 0 Å². The first-order valence-corrected chi connectivity index (χ1v) is 18.9. The molecule has 3 rings (SSSR count). The van der Waals surface area contributed by atoms with Crippen LogP contribution >= 0.6 is 11.8 Å². The Bertz CT molecular complexity index is 981. The third-order valence-electron chi connectivity index (χ3n) is 9.50. The molecule has 2 aliphatic heterocycles. The van der Waals surface area contributed by atoms with Gasteiger partial charge in [-0.05, 0) is 63.7 Å². The smallest absolute Gasteiger partial charge is 0.315 e. The molecule has 1 saturated carbocycles. The molecule has 3 aliphatic rings. The molecule has 0 aromatic heterocycles. The van der Waals surface area contributed by atoms with Gasteiger partial charge in [0.05, 0.1) is 30.4 Å². The molecule has 0 spiro atoms. The molecule has 1 aliphatic carbocycles. The van der Waals surface area contributed by atoms with Crippen molar-refractivity contribution in [3.63, 3.8) is 0 Å². The van der Waals surface area contributed by atoms with E-state index in [4.69, 9.17) is 0 Å². The molecule has 0 bridgehead atoms. The Hall–Kier alpha value is -2.08. The van der Waals surface area contributed by atoms with E-state index in [0.29, 0.717) is 44.0 Å². The van der Waals surface area contributed by atoms with Gasteiger partial charge in [-0.2, -0.15) is 11.8 Å². The Morgan fingerprint density at radius 1 is 0.935 bits per heavy atom. The van der Waals surface area contributed by atoms with E-state index in [1.54, 1.807) is 6.08 Å². The molecule has 0 aromatic rings. The zero-order valence-electron chi connectivity index (χ0n) is 27.8. The van der Waals surface area contributed by atoms with Crippen LogP contribution in [-0.4, -0.2) is 87.7 Å². The zero-order chi connectivity index (χ0) is 33.1. The summed E-state index contributed by atoms with van der Waals surface area (Å²) in [7, 11) is 0. The predicted octanol–water partition coefficient (Wildman–Crippen LogP) is 4.09. The van der Waals surface area contributed by atoms with E-state index in [9.17, 15) is 29.7 Å². The van der Waals surface area contributed by atoms with Gasteiger partial charge in [0.2, 0.25) is 11.8 Å². The highest BCUT2D eigenvalue weighted by atomic mass is 32.2. The second kappa shape index (κ2) is 21.7. The van der Waals surface area contributed by atoms with Crippen molar-refractivity contribution < 1.29 is 29.7 Å². The summed E-state index contributed by atoms with van der Waals surface area (Å²) in [6.07, 6.45) is 19.2. The van der Waals surface area contributed by atoms with Crippen LogP contribution in [0.3, 0.4) is 0 Å². The highest BCUT2D eigenvalue weighted by molar-refractivity contribution is 8.00. The van der Waals surface area contributed by atoms with Crippen LogP contribution in [0.1, 0.15) is 110 Å². The Kier molecular flexibility index (Phi) is 18.1. The zero-order valence-corrected chi connectivity index (χ0v) is 28.7. The van der Waals surface area contributed by atoms with E-state index in [2.05, 4.69) is 34.3 Å². The lowest BCUT2D eigenvalue weighted by Gasteiger charge is -2.19. The number of thioether (sulfide) groups is 1. The summed E-state index contributed by atoms with van der Waals surface area (Å²) in [5.41, 5.74) is 0. The van der Waals surface area contributed by atoms with E-state index in [0.717, 1.165) is 82.8 Å². The molecule has 7 N–H and O–H groups in total. The molecule has 10 nitrogen and oxygen atoms in total. The fourth-order valence-corrected chi connectivity index (χ4v) is 8.29. The number of carbonyl (C=O) groups excluding carboxylic acids is 3. The van der Waals surface area contributed by atoms with Crippen molar-refractivity contribution in [3.05, 3.63) is 24.3 Å². The molecular weight excluding hydrogens is 604 g/mol. The molecule has 11 heteroatoms. The fraction of sp³-hybridized carbons (Fsp3) is 0.800. The standard InChI is InChI=1S/C35H60N4O6S/c1-2-3-7-14-25(40)19-20-27-26(29(41)23-30(27)42)15-8-4-5-9-17-32(43)36-21-12-6-13-22-37-33(44)18-11-10-16-31-34-28(24-46-31)38-35(45)39-34/h4,8,19-20,25-31,34,40-42H,2-3,5-7,9-18,21-24H2,1H3,(H,36,43)(H,37,44)(H2,38,39,45)/b8-4-,20-19+/t25-,26+,27+,28-,29-,30+,31+,34-/m0/s1. The number of rotatable bonds is 23. The van der Waals surface area contributed by atoms with Crippen molar-refractivity contribution in [2.24, 2.45) is 11.8 Å². The Morgan fingerprint density at radius 3 is 2.41 bits per heavy atom. The van der Waals surface area contributed by atoms with Gasteiger partial charge in [-0.1, -0.05) is 56.9 Å². The molecule has 2 heterocycles. The van der Waals surface area contributed by atoms with Gasteiger partial charge in [-0.15, -0.1) is 0 Å². The average molecular weight is 665 g/mol. The van der Waals surface area contributed by atoms with Gasteiger partial charge in [-0.25, -0.2) is 4.79 Å². The van der Waals surface area contributed by atoms with E-state index >= 15 is 0 Å². The maximum absolute atomic E-state index is 12.2. The predicted molar refractivity (Wildman–Crippen MR) is 184 cm³/mol. The summed E-state index contributed by atoms with van der Waals surface area (Å²) in [5.74, 6) is 0.875. The quantitative estimate of drug-likeness (QED) is 0.0492. The lowest BCUT2D eigenvalue weighted by Crippen LogP contribution is -2.36. The van der Waals surface area contributed by atoms with Crippen LogP contribution in [-0.2, 0) is 9.59 Å². The first kappa shape index (κ1) is 38.4. The van der Waals surface area contributed by atoms with Crippen molar-refractivity contribution in [2.75, 3.05) is 18.8 Å². The monoisotopic (exact) mass is 664 g/mol. The Morgan fingerprint density at radius 2 is 1.67 bits per heavy atom. The molecule has 262 valence electrons. The first-order chi connectivity index (χ1) is 22.3. The van der Waals surface area contributed by atoms with Gasteiger partial charge in [0.1, 0.15) is 0 Å². The Balaban J connectivity index is 1.13. The number of hydrogen-bond donors (Lipinski definition) is 7. The third kappa shape index (κ3) is 14.0. The largest absolute Gasteiger partial charge is 0.393 e. The van der Waals surface area contributed by atoms with Crippen molar-refractivity contribution in [1.82, 2.24) is 21.3 Å². The lowest BCUT2D eigenvalue weighted by molar-refractivity contribution is -0.121. The first-order valence-electron chi connectivity index (χ1n) is 17.9. The number of amides is 4. The fourth-order valence-electron chi connectivity index (χ4n) is 6.75. The van der Waals surface area contributed by atoms with Crippen LogP contribution in [0, 0.1) is 11.8 Å². The average Bonchev–Trinajstić information content (AvgIpc) is 3.66. The summed E-state index contributed by atoms with van der Waals surface area (Å²) < 4.78 is 0. The molecule has 3 fully saturated rings. The van der Waals surface area contributed by atoms with Crippen LogP contribution in [0.15, 0.2) is 24.3 Å². The topological polar surface area (TPSA) is 160 Å². The minimum atomic E-state index is -0.595. The second-order valence-corrected chi connectivity index (χ2v) is 14.6. The third-order valence-corrected chi connectivity index (χ3v) is 11.0. The van der Waals surface area contributed by atoms with Crippen LogP contribution in [0.25, 0.3) is 0 Å². The van der Waals surface area contributed by atoms with Crippen LogP contribution < -0.4 is 21.3 Å². The molecule has 0 radical (unpaired) electrons. The highest BCUT2D eigenvalue weighted by Gasteiger charge is 2.42. The number of fused-ring (bicyclic) bond motifs is 1. The van der Waals surface area contributed by atoms with E-state index in [1.807, 2.05) is 23.9 Å². The summed E-state index contributed by atoms with van der Waals surface area (Å²) in [5, 5.41) is 43.4. The van der Waals surface area contributed by atoms with E-state index in [-0.39, 0.29) is 41.8 Å². The summed E-state index contributed by atoms with van der Waals surface area (Å²) >= 11 is 1.91. The number of nitrogens with one attached hydrogen (secondary N) is 4. The van der Waals surface area contributed by atoms with Crippen LogP contribution in [0.4, 0.5) is 4.79 Å². The summed E-state index contributed by atoms with van der Waals surface area (Å²) in [6.45, 7) is 3.44. The van der Waals surface area contributed by atoms with Gasteiger partial charge >= 0.3 is 6.03 Å². The Labute approximate surface area is 280 Å². The summed E-state index contributed by atoms with van der Waals surface area (Å²) in [4.78, 5) is 35.8. The molecule has 46 heavy (non-hydrogen) atoms. The van der Waals surface area contributed by atoms with Gasteiger partial charge in [0, 0.05) is 49.3 Å². The number of aliphatic hydroxyl groups is 3. The van der Waals surface area contributed by atoms with Crippen molar-refractivity contribution >= 4 is 29.6 Å². The minimum Gasteiger partial charge on any atom is -0.393 e. The van der Waals surface area contributed by atoms with Gasteiger partial charge < -0.3 is 36.6 Å². The molecule has 0 aromatic carbocycles. The second-order valence-electron chi connectivity index (χ2n) is 13.3. The number of unbranched alkanes of at least 4 members (excludes halogenated alkanes) is 6. The maximum atomic E-state index is 12.2. The molecular formula is C35H60N4O6S. The van der Waals surface area contributed by atoms with Gasteiger partial charge in [-0.3, -0.25) is 9.59 Å². The summed E-state index contributed by atoms with van der Waals surface area (Å²) in [6, 6.07) is 0.414. The van der Waals surface area contributed by atoms with E-state index < -0.39 is 18.3 Å². The number of aliphatic hydroxyl groups excluding tert-OH is 3.